The smallest absolute Gasteiger partial charge is 0.266 e. The first kappa shape index (κ1) is 20.9. The highest BCUT2D eigenvalue weighted by Gasteiger charge is 2.36. The molecular formula is C20H16Cl3NO3S2. The summed E-state index contributed by atoms with van der Waals surface area (Å²) >= 11 is 19.8. The molecule has 152 valence electrons. The zero-order valence-corrected chi connectivity index (χ0v) is 19.0. The first-order chi connectivity index (χ1) is 13.7. The number of benzene rings is 2. The van der Waals surface area contributed by atoms with Crippen LogP contribution in [0.3, 0.4) is 0 Å². The summed E-state index contributed by atoms with van der Waals surface area (Å²) in [7, 11) is -3.16. The van der Waals surface area contributed by atoms with Crippen LogP contribution in [-0.4, -0.2) is 36.8 Å². The van der Waals surface area contributed by atoms with E-state index in [2.05, 4.69) is 0 Å². The third-order valence-corrected chi connectivity index (χ3v) is 8.84. The monoisotopic (exact) mass is 487 g/mol. The molecule has 4 rings (SSSR count). The number of sulfone groups is 1. The SMILES string of the molecule is O=C(c1sc2cc(Cl)ccc2c1Cl)N(Cc1ccc(Cl)cc1)[C@H]1CCS(=O)(=O)C1. The Balaban J connectivity index is 1.73. The summed E-state index contributed by atoms with van der Waals surface area (Å²) < 4.78 is 24.9. The Morgan fingerprint density at radius 2 is 1.76 bits per heavy atom. The molecule has 4 nitrogen and oxygen atoms in total. The molecule has 0 aliphatic carbocycles. The van der Waals surface area contributed by atoms with Crippen LogP contribution in [-0.2, 0) is 16.4 Å². The van der Waals surface area contributed by atoms with Crippen molar-refractivity contribution in [1.29, 1.82) is 0 Å². The maximum absolute atomic E-state index is 13.5. The number of rotatable bonds is 4. The van der Waals surface area contributed by atoms with Crippen LogP contribution in [0.15, 0.2) is 42.5 Å². The van der Waals surface area contributed by atoms with Gasteiger partial charge in [-0.3, -0.25) is 4.79 Å². The largest absolute Gasteiger partial charge is 0.330 e. The summed E-state index contributed by atoms with van der Waals surface area (Å²) in [4.78, 5) is 15.5. The molecule has 1 amide bonds. The summed E-state index contributed by atoms with van der Waals surface area (Å²) in [6.45, 7) is 0.279. The van der Waals surface area contributed by atoms with Gasteiger partial charge in [-0.1, -0.05) is 53.0 Å². The summed E-state index contributed by atoms with van der Waals surface area (Å²) in [5.74, 6) is -0.234. The van der Waals surface area contributed by atoms with Gasteiger partial charge in [0, 0.05) is 32.7 Å². The molecule has 1 atom stereocenters. The number of carbonyl (C=O) groups excluding carboxylic acids is 1. The number of hydrogen-bond acceptors (Lipinski definition) is 4. The maximum Gasteiger partial charge on any atom is 0.266 e. The Kier molecular flexibility index (Phi) is 5.84. The van der Waals surface area contributed by atoms with E-state index in [-0.39, 0.29) is 24.0 Å². The summed E-state index contributed by atoms with van der Waals surface area (Å²) in [5.41, 5.74) is 0.868. The number of thiophene rings is 1. The topological polar surface area (TPSA) is 54.5 Å². The Morgan fingerprint density at radius 3 is 2.41 bits per heavy atom. The zero-order chi connectivity index (χ0) is 20.8. The molecule has 9 heteroatoms. The van der Waals surface area contributed by atoms with Gasteiger partial charge in [0.1, 0.15) is 4.88 Å². The fourth-order valence-corrected chi connectivity index (χ4v) is 7.08. The predicted octanol–water partition coefficient (Wildman–Crippen LogP) is 5.69. The molecular weight excluding hydrogens is 473 g/mol. The number of hydrogen-bond donors (Lipinski definition) is 0. The van der Waals surface area contributed by atoms with Crippen molar-refractivity contribution in [2.75, 3.05) is 11.5 Å². The van der Waals surface area contributed by atoms with Gasteiger partial charge in [0.2, 0.25) is 0 Å². The Hall–Kier alpha value is -1.31. The van der Waals surface area contributed by atoms with Gasteiger partial charge in [-0.2, -0.15) is 0 Å². The molecule has 0 spiro atoms. The van der Waals surface area contributed by atoms with E-state index in [9.17, 15) is 13.2 Å². The zero-order valence-electron chi connectivity index (χ0n) is 15.1. The molecule has 1 fully saturated rings. The minimum atomic E-state index is -3.16. The minimum Gasteiger partial charge on any atom is -0.330 e. The van der Waals surface area contributed by atoms with Crippen LogP contribution in [0.1, 0.15) is 21.7 Å². The minimum absolute atomic E-state index is 0.0410. The summed E-state index contributed by atoms with van der Waals surface area (Å²) in [6, 6.07) is 12.1. The number of carbonyl (C=O) groups is 1. The van der Waals surface area contributed by atoms with Crippen LogP contribution >= 0.6 is 46.1 Å². The number of fused-ring (bicyclic) bond motifs is 1. The quantitative estimate of drug-likeness (QED) is 0.474. The second-order valence-corrected chi connectivity index (χ2v) is 11.5. The van der Waals surface area contributed by atoms with Crippen LogP contribution < -0.4 is 0 Å². The molecule has 1 aliphatic rings. The number of nitrogens with zero attached hydrogens (tertiary/aromatic N) is 1. The van der Waals surface area contributed by atoms with E-state index >= 15 is 0 Å². The summed E-state index contributed by atoms with van der Waals surface area (Å²) in [6.07, 6.45) is 0.413. The molecule has 2 heterocycles. The Morgan fingerprint density at radius 1 is 1.07 bits per heavy atom. The van der Waals surface area contributed by atoms with E-state index < -0.39 is 15.9 Å². The van der Waals surface area contributed by atoms with Gasteiger partial charge in [-0.05, 0) is 36.2 Å². The maximum atomic E-state index is 13.5. The molecule has 0 bridgehead atoms. The molecule has 0 N–H and O–H groups in total. The highest BCUT2D eigenvalue weighted by atomic mass is 35.5. The van der Waals surface area contributed by atoms with Crippen molar-refractivity contribution in [2.24, 2.45) is 0 Å². The molecule has 0 saturated carbocycles. The first-order valence-electron chi connectivity index (χ1n) is 8.87. The second kappa shape index (κ2) is 8.08. The van der Waals surface area contributed by atoms with E-state index in [0.29, 0.717) is 26.4 Å². The lowest BCUT2D eigenvalue weighted by molar-refractivity contribution is 0.0686. The molecule has 3 aromatic rings. The van der Waals surface area contributed by atoms with E-state index in [4.69, 9.17) is 34.8 Å². The van der Waals surface area contributed by atoms with Gasteiger partial charge >= 0.3 is 0 Å². The second-order valence-electron chi connectivity index (χ2n) is 7.00. The van der Waals surface area contributed by atoms with Crippen LogP contribution in [0.2, 0.25) is 15.1 Å². The molecule has 0 unspecified atom stereocenters. The fourth-order valence-electron chi connectivity index (χ4n) is 3.48. The van der Waals surface area contributed by atoms with E-state index in [1.165, 1.54) is 11.3 Å². The van der Waals surface area contributed by atoms with Crippen LogP contribution in [0, 0.1) is 0 Å². The lowest BCUT2D eigenvalue weighted by atomic mass is 10.1. The first-order valence-corrected chi connectivity index (χ1v) is 12.6. The van der Waals surface area contributed by atoms with Gasteiger partial charge < -0.3 is 4.90 Å². The Labute approximate surface area is 187 Å². The van der Waals surface area contributed by atoms with Crippen molar-refractivity contribution in [3.05, 3.63) is 68.0 Å². The van der Waals surface area contributed by atoms with Gasteiger partial charge in [0.25, 0.3) is 5.91 Å². The van der Waals surface area contributed by atoms with E-state index in [0.717, 1.165) is 15.6 Å². The summed E-state index contributed by atoms with van der Waals surface area (Å²) in [5, 5.41) is 2.29. The molecule has 1 aromatic heterocycles. The van der Waals surface area contributed by atoms with Crippen molar-refractivity contribution in [2.45, 2.75) is 19.0 Å². The number of halogens is 3. The fraction of sp³-hybridized carbons (Fsp3) is 0.250. The van der Waals surface area contributed by atoms with Gasteiger partial charge in [-0.25, -0.2) is 8.42 Å². The molecule has 2 aromatic carbocycles. The van der Waals surface area contributed by atoms with Gasteiger partial charge in [-0.15, -0.1) is 11.3 Å². The highest BCUT2D eigenvalue weighted by molar-refractivity contribution is 7.91. The van der Waals surface area contributed by atoms with Gasteiger partial charge in [0.15, 0.2) is 9.84 Å². The molecule has 1 aliphatic heterocycles. The lowest BCUT2D eigenvalue weighted by Crippen LogP contribution is -2.40. The van der Waals surface area contributed by atoms with Crippen molar-refractivity contribution in [3.63, 3.8) is 0 Å². The van der Waals surface area contributed by atoms with Crippen LogP contribution in [0.4, 0.5) is 0 Å². The van der Waals surface area contributed by atoms with Crippen molar-refractivity contribution < 1.29 is 13.2 Å². The third kappa shape index (κ3) is 4.42. The third-order valence-electron chi connectivity index (χ3n) is 4.96. The van der Waals surface area contributed by atoms with Crippen molar-refractivity contribution >= 4 is 72.0 Å². The predicted molar refractivity (Wildman–Crippen MR) is 120 cm³/mol. The average molecular weight is 489 g/mol. The van der Waals surface area contributed by atoms with Crippen LogP contribution in [0.25, 0.3) is 10.1 Å². The molecule has 1 saturated heterocycles. The molecule has 0 radical (unpaired) electrons. The van der Waals surface area contributed by atoms with Crippen molar-refractivity contribution in [1.82, 2.24) is 4.90 Å². The lowest BCUT2D eigenvalue weighted by Gasteiger charge is -2.28. The highest BCUT2D eigenvalue weighted by Crippen LogP contribution is 2.38. The van der Waals surface area contributed by atoms with Crippen molar-refractivity contribution in [3.8, 4) is 0 Å². The molecule has 29 heavy (non-hydrogen) atoms. The Bertz CT molecular complexity index is 1190. The van der Waals surface area contributed by atoms with Gasteiger partial charge in [0.05, 0.1) is 16.5 Å². The van der Waals surface area contributed by atoms with E-state index in [1.54, 1.807) is 35.2 Å². The van der Waals surface area contributed by atoms with Crippen LogP contribution in [0.5, 0.6) is 0 Å². The average Bonchev–Trinajstić information content (AvgIpc) is 3.19. The normalized spacial score (nSPS) is 18.2. The number of amides is 1. The van der Waals surface area contributed by atoms with E-state index in [1.807, 2.05) is 12.1 Å². The standard InChI is InChI=1S/C20H16Cl3NO3S2/c21-13-3-1-12(2-4-13)10-24(15-7-8-29(26,27)11-15)20(25)19-18(23)16-6-5-14(22)9-17(16)28-19/h1-6,9,15H,7-8,10-11H2/t15-/m0/s1.